The maximum atomic E-state index is 13.6. The van der Waals surface area contributed by atoms with Gasteiger partial charge >= 0.3 is 18.0 Å². The van der Waals surface area contributed by atoms with Gasteiger partial charge in [-0.15, -0.1) is 0 Å². The van der Waals surface area contributed by atoms with Crippen molar-refractivity contribution in [3.05, 3.63) is 65.7 Å². The third kappa shape index (κ3) is 6.10. The van der Waals surface area contributed by atoms with Crippen LogP contribution in [-0.4, -0.2) is 58.8 Å². The average Bonchev–Trinajstić information content (AvgIpc) is 3.21. The van der Waals surface area contributed by atoms with E-state index < -0.39 is 29.9 Å². The zero-order valence-corrected chi connectivity index (χ0v) is 18.6. The number of aryl methyl sites for hydroxylation is 1. The van der Waals surface area contributed by atoms with Crippen LogP contribution in [0.3, 0.4) is 0 Å². The van der Waals surface area contributed by atoms with Gasteiger partial charge in [0.1, 0.15) is 6.04 Å². The molecule has 0 bridgehead atoms. The molecule has 2 amide bonds. The summed E-state index contributed by atoms with van der Waals surface area (Å²) in [5, 5.41) is 19.6. The number of carbonyl (C=O) groups is 3. The number of amides is 2. The fourth-order valence-electron chi connectivity index (χ4n) is 4.23. The highest BCUT2D eigenvalue weighted by molar-refractivity contribution is 6.01. The molecule has 0 radical (unpaired) electrons. The summed E-state index contributed by atoms with van der Waals surface area (Å²) in [6.07, 6.45) is 2.47. The molecule has 2 aromatic carbocycles. The predicted octanol–water partition coefficient (Wildman–Crippen LogP) is 3.00. The molecule has 176 valence electrons. The Labute approximate surface area is 193 Å². The van der Waals surface area contributed by atoms with Crippen molar-refractivity contribution < 1.29 is 24.6 Å². The highest BCUT2D eigenvalue weighted by Gasteiger charge is 2.40. The number of benzene rings is 2. The van der Waals surface area contributed by atoms with Gasteiger partial charge in [0.2, 0.25) is 0 Å². The maximum absolute atomic E-state index is 13.6. The smallest absolute Gasteiger partial charge is 0.327 e. The van der Waals surface area contributed by atoms with Gasteiger partial charge in [-0.3, -0.25) is 9.69 Å². The maximum Gasteiger partial charge on any atom is 0.327 e. The van der Waals surface area contributed by atoms with Gasteiger partial charge < -0.3 is 20.8 Å². The van der Waals surface area contributed by atoms with Crippen molar-refractivity contribution >= 4 is 23.7 Å². The first-order chi connectivity index (χ1) is 15.9. The molecule has 2 aromatic rings. The van der Waals surface area contributed by atoms with Crippen LogP contribution in [0.2, 0.25) is 0 Å². The van der Waals surface area contributed by atoms with Crippen LogP contribution in [0.15, 0.2) is 54.6 Å². The first-order valence-electron chi connectivity index (χ1n) is 11.3. The number of rotatable bonds is 11. The molecule has 33 heavy (non-hydrogen) atoms. The van der Waals surface area contributed by atoms with Crippen molar-refractivity contribution in [2.24, 2.45) is 11.7 Å². The Balaban J connectivity index is 1.81. The van der Waals surface area contributed by atoms with E-state index in [0.29, 0.717) is 44.5 Å². The van der Waals surface area contributed by atoms with Crippen molar-refractivity contribution in [2.75, 3.05) is 24.5 Å². The molecule has 0 aliphatic carbocycles. The van der Waals surface area contributed by atoms with Crippen LogP contribution in [0.25, 0.3) is 0 Å². The molecule has 1 heterocycles. The summed E-state index contributed by atoms with van der Waals surface area (Å²) >= 11 is 0. The number of urea groups is 1. The predicted molar refractivity (Wildman–Crippen MR) is 125 cm³/mol. The second kappa shape index (κ2) is 11.5. The number of fused-ring (bicyclic) bond motifs is 1. The standard InChI is InChI=1S/C25H31N3O5/c26-14-6-7-15-27(17-20(23(29)30)13-12-18-8-2-1-3-9-18)25(33)28-21-11-5-4-10-19(21)16-22(28)24(31)32/h1-5,8-11,20,22H,6-7,12-17,26H2,(H,29,30)(H,31,32)/t20-,22?/m1/s1. The molecule has 4 N–H and O–H groups in total. The minimum Gasteiger partial charge on any atom is -0.481 e. The van der Waals surface area contributed by atoms with Crippen LogP contribution in [0.5, 0.6) is 0 Å². The molecule has 3 rings (SSSR count). The molecule has 2 atom stereocenters. The number of anilines is 1. The SMILES string of the molecule is NCCCCN(C[C@@H](CCc1ccccc1)C(=O)O)C(=O)N1c2ccccc2CC1C(=O)O. The lowest BCUT2D eigenvalue weighted by molar-refractivity contribution is -0.142. The van der Waals surface area contributed by atoms with E-state index in [1.807, 2.05) is 42.5 Å². The van der Waals surface area contributed by atoms with Gasteiger partial charge in [-0.2, -0.15) is 0 Å². The minimum atomic E-state index is -1.08. The molecule has 1 aliphatic heterocycles. The van der Waals surface area contributed by atoms with Crippen molar-refractivity contribution in [2.45, 2.75) is 38.1 Å². The topological polar surface area (TPSA) is 124 Å². The number of carbonyl (C=O) groups excluding carboxylic acids is 1. The number of carboxylic acid groups (broad SMARTS) is 2. The van der Waals surface area contributed by atoms with E-state index in [2.05, 4.69) is 0 Å². The molecule has 0 spiro atoms. The van der Waals surface area contributed by atoms with Gasteiger partial charge in [0, 0.05) is 25.2 Å². The van der Waals surface area contributed by atoms with Crippen LogP contribution in [0.1, 0.15) is 30.4 Å². The van der Waals surface area contributed by atoms with E-state index in [0.717, 1.165) is 11.1 Å². The number of para-hydroxylation sites is 1. The molecule has 0 fully saturated rings. The summed E-state index contributed by atoms with van der Waals surface area (Å²) in [6.45, 7) is 0.787. The molecule has 1 unspecified atom stereocenters. The molecule has 8 nitrogen and oxygen atoms in total. The van der Waals surface area contributed by atoms with E-state index in [9.17, 15) is 24.6 Å². The fourth-order valence-corrected chi connectivity index (χ4v) is 4.23. The number of aliphatic carboxylic acids is 2. The van der Waals surface area contributed by atoms with Gasteiger partial charge in [-0.25, -0.2) is 9.59 Å². The number of carboxylic acids is 2. The Hall–Kier alpha value is -3.39. The first-order valence-corrected chi connectivity index (χ1v) is 11.3. The van der Waals surface area contributed by atoms with E-state index >= 15 is 0 Å². The molecule has 0 saturated heterocycles. The first kappa shape index (κ1) is 24.3. The summed E-state index contributed by atoms with van der Waals surface area (Å²) in [7, 11) is 0. The van der Waals surface area contributed by atoms with Crippen molar-refractivity contribution in [3.63, 3.8) is 0 Å². The minimum absolute atomic E-state index is 0.0105. The molecule has 0 aromatic heterocycles. The lowest BCUT2D eigenvalue weighted by Gasteiger charge is -2.32. The van der Waals surface area contributed by atoms with Crippen molar-refractivity contribution in [1.29, 1.82) is 0 Å². The van der Waals surface area contributed by atoms with E-state index in [-0.39, 0.29) is 13.0 Å². The third-order valence-electron chi connectivity index (χ3n) is 6.03. The molecule has 0 saturated carbocycles. The summed E-state index contributed by atoms with van der Waals surface area (Å²) in [4.78, 5) is 40.4. The summed E-state index contributed by atoms with van der Waals surface area (Å²) in [5.41, 5.74) is 8.00. The Morgan fingerprint density at radius 3 is 2.39 bits per heavy atom. The average molecular weight is 454 g/mol. The van der Waals surface area contributed by atoms with Crippen molar-refractivity contribution in [1.82, 2.24) is 4.90 Å². The molecular weight excluding hydrogens is 422 g/mol. The Morgan fingerprint density at radius 1 is 1.03 bits per heavy atom. The third-order valence-corrected chi connectivity index (χ3v) is 6.03. The second-order valence-corrected chi connectivity index (χ2v) is 8.34. The van der Waals surface area contributed by atoms with Crippen LogP contribution < -0.4 is 10.6 Å². The number of hydrogen-bond donors (Lipinski definition) is 3. The zero-order valence-electron chi connectivity index (χ0n) is 18.6. The Kier molecular flexibility index (Phi) is 8.43. The summed E-state index contributed by atoms with van der Waals surface area (Å²) < 4.78 is 0. The number of nitrogens with zero attached hydrogens (tertiary/aromatic N) is 2. The van der Waals surface area contributed by atoms with E-state index in [1.165, 1.54) is 9.80 Å². The van der Waals surface area contributed by atoms with Crippen LogP contribution in [0.4, 0.5) is 10.5 Å². The number of unbranched alkanes of at least 4 members (excludes halogenated alkanes) is 1. The van der Waals surface area contributed by atoms with Gasteiger partial charge in [0.05, 0.1) is 5.92 Å². The van der Waals surface area contributed by atoms with Crippen molar-refractivity contribution in [3.8, 4) is 0 Å². The number of nitrogens with two attached hydrogens (primary N) is 1. The van der Waals surface area contributed by atoms with Gasteiger partial charge in [-0.1, -0.05) is 48.5 Å². The van der Waals surface area contributed by atoms with E-state index in [4.69, 9.17) is 5.73 Å². The van der Waals surface area contributed by atoms with Gasteiger partial charge in [-0.05, 0) is 49.4 Å². The van der Waals surface area contributed by atoms with Crippen LogP contribution in [0, 0.1) is 5.92 Å². The summed E-state index contributed by atoms with van der Waals surface area (Å²) in [5.74, 6) is -2.83. The highest BCUT2D eigenvalue weighted by Crippen LogP contribution is 2.33. The van der Waals surface area contributed by atoms with Crippen LogP contribution in [-0.2, 0) is 22.4 Å². The molecule has 8 heteroatoms. The van der Waals surface area contributed by atoms with E-state index in [1.54, 1.807) is 12.1 Å². The Bertz CT molecular complexity index is 966. The largest absolute Gasteiger partial charge is 0.481 e. The fraction of sp³-hybridized carbons (Fsp3) is 0.400. The number of hydrogen-bond acceptors (Lipinski definition) is 4. The zero-order chi connectivity index (χ0) is 23.8. The molecule has 1 aliphatic rings. The van der Waals surface area contributed by atoms with Gasteiger partial charge in [0.25, 0.3) is 0 Å². The van der Waals surface area contributed by atoms with Gasteiger partial charge in [0.15, 0.2) is 0 Å². The van der Waals surface area contributed by atoms with Crippen LogP contribution >= 0.6 is 0 Å². The normalized spacial score (nSPS) is 15.7. The Morgan fingerprint density at radius 2 is 1.73 bits per heavy atom. The summed E-state index contributed by atoms with van der Waals surface area (Å²) in [6, 6.07) is 15.3. The lowest BCUT2D eigenvalue weighted by atomic mass is 9.99. The monoisotopic (exact) mass is 453 g/mol. The molecular formula is C25H31N3O5. The quantitative estimate of drug-likeness (QED) is 0.449. The lowest BCUT2D eigenvalue weighted by Crippen LogP contribution is -2.51. The highest BCUT2D eigenvalue weighted by atomic mass is 16.4. The second-order valence-electron chi connectivity index (χ2n) is 8.34.